The SMILES string of the molecule is Cc1cccc(Cn2cc(Br)c(NC(=O)CCn3ccc(C(=O)O)n3)n2)c1. The summed E-state index contributed by atoms with van der Waals surface area (Å²) in [6.07, 6.45) is 3.49. The van der Waals surface area contributed by atoms with Crippen molar-refractivity contribution in [3.8, 4) is 0 Å². The highest BCUT2D eigenvalue weighted by molar-refractivity contribution is 9.10. The lowest BCUT2D eigenvalue weighted by molar-refractivity contribution is -0.116. The summed E-state index contributed by atoms with van der Waals surface area (Å²) >= 11 is 3.41. The van der Waals surface area contributed by atoms with Crippen LogP contribution in [-0.4, -0.2) is 36.5 Å². The molecule has 0 aliphatic carbocycles. The highest BCUT2D eigenvalue weighted by Gasteiger charge is 2.12. The highest BCUT2D eigenvalue weighted by atomic mass is 79.9. The number of carboxylic acid groups (broad SMARTS) is 1. The van der Waals surface area contributed by atoms with E-state index in [9.17, 15) is 9.59 Å². The maximum Gasteiger partial charge on any atom is 0.356 e. The number of aromatic nitrogens is 4. The van der Waals surface area contributed by atoms with Gasteiger partial charge < -0.3 is 10.4 Å². The molecule has 1 aromatic carbocycles. The summed E-state index contributed by atoms with van der Waals surface area (Å²) in [4.78, 5) is 23.0. The van der Waals surface area contributed by atoms with E-state index in [1.54, 1.807) is 4.68 Å². The number of carbonyl (C=O) groups excluding carboxylic acids is 1. The fourth-order valence-corrected chi connectivity index (χ4v) is 2.99. The van der Waals surface area contributed by atoms with Crippen molar-refractivity contribution in [1.82, 2.24) is 19.6 Å². The summed E-state index contributed by atoms with van der Waals surface area (Å²) in [5.74, 6) is -0.885. The Morgan fingerprint density at radius 3 is 2.74 bits per heavy atom. The Labute approximate surface area is 163 Å². The van der Waals surface area contributed by atoms with Gasteiger partial charge in [0.25, 0.3) is 0 Å². The molecule has 3 rings (SSSR count). The maximum atomic E-state index is 12.2. The average molecular weight is 432 g/mol. The van der Waals surface area contributed by atoms with E-state index in [0.717, 1.165) is 5.56 Å². The molecule has 2 aromatic heterocycles. The van der Waals surface area contributed by atoms with E-state index >= 15 is 0 Å². The summed E-state index contributed by atoms with van der Waals surface area (Å²) in [5, 5.41) is 19.9. The van der Waals surface area contributed by atoms with Gasteiger partial charge in [-0.05, 0) is 34.5 Å². The third-order valence-electron chi connectivity index (χ3n) is 3.83. The van der Waals surface area contributed by atoms with Crippen molar-refractivity contribution in [2.45, 2.75) is 26.4 Å². The van der Waals surface area contributed by atoms with Crippen LogP contribution in [0.4, 0.5) is 5.82 Å². The van der Waals surface area contributed by atoms with Crippen LogP contribution < -0.4 is 5.32 Å². The van der Waals surface area contributed by atoms with Crippen LogP contribution in [0.1, 0.15) is 28.0 Å². The second-order valence-corrected chi connectivity index (χ2v) is 6.93. The first-order valence-corrected chi connectivity index (χ1v) is 9.05. The van der Waals surface area contributed by atoms with E-state index in [1.807, 2.05) is 31.3 Å². The first kappa shape index (κ1) is 18.8. The number of benzene rings is 1. The summed E-state index contributed by atoms with van der Waals surface area (Å²) in [6, 6.07) is 9.54. The van der Waals surface area contributed by atoms with Gasteiger partial charge in [-0.25, -0.2) is 4.79 Å². The molecule has 0 spiro atoms. The fraction of sp³-hybridized carbons (Fsp3) is 0.222. The summed E-state index contributed by atoms with van der Waals surface area (Å²) in [7, 11) is 0. The fourth-order valence-electron chi connectivity index (χ4n) is 2.57. The van der Waals surface area contributed by atoms with Crippen LogP contribution in [0.25, 0.3) is 0 Å². The van der Waals surface area contributed by atoms with Gasteiger partial charge in [0, 0.05) is 25.4 Å². The van der Waals surface area contributed by atoms with E-state index in [1.165, 1.54) is 22.5 Å². The summed E-state index contributed by atoms with van der Waals surface area (Å²) < 4.78 is 3.87. The van der Waals surface area contributed by atoms with Crippen LogP contribution in [0.5, 0.6) is 0 Å². The number of carbonyl (C=O) groups is 2. The number of nitrogens with zero attached hydrogens (tertiary/aromatic N) is 4. The van der Waals surface area contributed by atoms with Gasteiger partial charge in [0.15, 0.2) is 11.5 Å². The number of carboxylic acids is 1. The van der Waals surface area contributed by atoms with Gasteiger partial charge in [-0.15, -0.1) is 0 Å². The number of hydrogen-bond acceptors (Lipinski definition) is 4. The van der Waals surface area contributed by atoms with Crippen molar-refractivity contribution in [3.05, 3.63) is 64.0 Å². The Bertz CT molecular complexity index is 979. The predicted molar refractivity (Wildman–Crippen MR) is 103 cm³/mol. The Morgan fingerprint density at radius 2 is 2.04 bits per heavy atom. The third kappa shape index (κ3) is 5.04. The minimum Gasteiger partial charge on any atom is -0.476 e. The van der Waals surface area contributed by atoms with Crippen molar-refractivity contribution >= 4 is 33.6 Å². The zero-order valence-electron chi connectivity index (χ0n) is 14.6. The second kappa shape index (κ2) is 8.17. The molecule has 0 aliphatic rings. The first-order valence-electron chi connectivity index (χ1n) is 8.26. The minimum atomic E-state index is -1.10. The number of amides is 1. The minimum absolute atomic E-state index is 0.0481. The van der Waals surface area contributed by atoms with Crippen molar-refractivity contribution < 1.29 is 14.7 Å². The number of nitrogens with one attached hydrogen (secondary N) is 1. The molecule has 0 fully saturated rings. The molecule has 0 saturated carbocycles. The van der Waals surface area contributed by atoms with Crippen molar-refractivity contribution in [1.29, 1.82) is 0 Å². The molecule has 0 atom stereocenters. The highest BCUT2D eigenvalue weighted by Crippen LogP contribution is 2.21. The van der Waals surface area contributed by atoms with Gasteiger partial charge in [0.1, 0.15) is 0 Å². The lowest BCUT2D eigenvalue weighted by Gasteiger charge is -2.04. The molecule has 0 saturated heterocycles. The van der Waals surface area contributed by atoms with Gasteiger partial charge in [0.05, 0.1) is 11.0 Å². The van der Waals surface area contributed by atoms with Gasteiger partial charge in [-0.3, -0.25) is 14.2 Å². The van der Waals surface area contributed by atoms with Gasteiger partial charge >= 0.3 is 5.97 Å². The quantitative estimate of drug-likeness (QED) is 0.598. The lowest BCUT2D eigenvalue weighted by atomic mass is 10.1. The molecular formula is C18H18BrN5O3. The largest absolute Gasteiger partial charge is 0.476 e. The average Bonchev–Trinajstić information content (AvgIpc) is 3.20. The Kier molecular flexibility index (Phi) is 5.70. The first-order chi connectivity index (χ1) is 12.9. The van der Waals surface area contributed by atoms with Gasteiger partial charge in [-0.2, -0.15) is 10.2 Å². The second-order valence-electron chi connectivity index (χ2n) is 6.08. The number of anilines is 1. The maximum absolute atomic E-state index is 12.2. The Hall–Kier alpha value is -2.94. The Balaban J connectivity index is 1.57. The van der Waals surface area contributed by atoms with Crippen molar-refractivity contribution in [2.24, 2.45) is 0 Å². The van der Waals surface area contributed by atoms with Crippen LogP contribution in [0.3, 0.4) is 0 Å². The predicted octanol–water partition coefficient (Wildman–Crippen LogP) is 2.93. The molecule has 2 N–H and O–H groups in total. The third-order valence-corrected chi connectivity index (χ3v) is 4.41. The molecule has 9 heteroatoms. The number of hydrogen-bond donors (Lipinski definition) is 2. The molecule has 140 valence electrons. The topological polar surface area (TPSA) is 102 Å². The smallest absolute Gasteiger partial charge is 0.356 e. The zero-order valence-corrected chi connectivity index (χ0v) is 16.2. The summed E-state index contributed by atoms with van der Waals surface area (Å²) in [6.45, 7) is 2.91. The molecule has 1 amide bonds. The number of aromatic carboxylic acids is 1. The van der Waals surface area contributed by atoms with Crippen LogP contribution in [-0.2, 0) is 17.9 Å². The number of halogens is 1. The van der Waals surface area contributed by atoms with Gasteiger partial charge in [0.2, 0.25) is 5.91 Å². The molecule has 27 heavy (non-hydrogen) atoms. The van der Waals surface area contributed by atoms with E-state index < -0.39 is 5.97 Å². The van der Waals surface area contributed by atoms with E-state index in [0.29, 0.717) is 16.8 Å². The van der Waals surface area contributed by atoms with E-state index in [4.69, 9.17) is 5.11 Å². The molecule has 8 nitrogen and oxygen atoms in total. The van der Waals surface area contributed by atoms with Gasteiger partial charge in [-0.1, -0.05) is 29.8 Å². The monoisotopic (exact) mass is 431 g/mol. The molecule has 3 aromatic rings. The van der Waals surface area contributed by atoms with Crippen LogP contribution in [0.2, 0.25) is 0 Å². The molecule has 0 aliphatic heterocycles. The lowest BCUT2D eigenvalue weighted by Crippen LogP contribution is -2.16. The van der Waals surface area contributed by atoms with Crippen molar-refractivity contribution in [3.63, 3.8) is 0 Å². The molecule has 0 radical (unpaired) electrons. The standard InChI is InChI=1S/C18H18BrN5O3/c1-12-3-2-4-13(9-12)10-24-11-14(19)17(22-24)20-16(25)6-8-23-7-5-15(21-23)18(26)27/h2-5,7,9,11H,6,8,10H2,1H3,(H,26,27)(H,20,22,25). The zero-order chi connectivity index (χ0) is 19.4. The normalized spacial score (nSPS) is 10.7. The van der Waals surface area contributed by atoms with Crippen LogP contribution in [0, 0.1) is 6.92 Å². The van der Waals surface area contributed by atoms with Crippen LogP contribution >= 0.6 is 15.9 Å². The van der Waals surface area contributed by atoms with E-state index in [2.05, 4.69) is 37.5 Å². The van der Waals surface area contributed by atoms with E-state index in [-0.39, 0.29) is 24.6 Å². The molecule has 2 heterocycles. The molecular weight excluding hydrogens is 414 g/mol. The van der Waals surface area contributed by atoms with Crippen LogP contribution in [0.15, 0.2) is 47.2 Å². The Morgan fingerprint density at radius 1 is 1.22 bits per heavy atom. The molecule has 0 bridgehead atoms. The molecule has 0 unspecified atom stereocenters. The number of aryl methyl sites for hydroxylation is 2. The number of rotatable bonds is 7. The van der Waals surface area contributed by atoms with Crippen molar-refractivity contribution in [2.75, 3.05) is 5.32 Å². The summed E-state index contributed by atoms with van der Waals surface area (Å²) in [5.41, 5.74) is 2.25.